The zero-order valence-corrected chi connectivity index (χ0v) is 27.0. The predicted octanol–water partition coefficient (Wildman–Crippen LogP) is 5.76. The third-order valence-electron chi connectivity index (χ3n) is 8.30. The first-order valence-corrected chi connectivity index (χ1v) is 16.3. The Morgan fingerprint density at radius 1 is 0.957 bits per heavy atom. The number of likely N-dealkylation sites (tertiary alicyclic amines) is 1. The molecule has 0 atom stereocenters. The predicted molar refractivity (Wildman–Crippen MR) is 168 cm³/mol. The van der Waals surface area contributed by atoms with Crippen molar-refractivity contribution in [3.63, 3.8) is 0 Å². The number of sulfonamides is 1. The minimum Gasteiger partial charge on any atom is -0.480 e. The molecule has 0 bridgehead atoms. The zero-order valence-electron chi connectivity index (χ0n) is 26.2. The Kier molecular flexibility index (Phi) is 8.14. The fourth-order valence-corrected chi connectivity index (χ4v) is 7.20. The van der Waals surface area contributed by atoms with Crippen LogP contribution in [0.5, 0.6) is 5.88 Å². The van der Waals surface area contributed by atoms with Crippen LogP contribution in [0.2, 0.25) is 0 Å². The van der Waals surface area contributed by atoms with Crippen LogP contribution in [0.15, 0.2) is 53.8 Å². The summed E-state index contributed by atoms with van der Waals surface area (Å²) in [5.74, 6) is -3.83. The van der Waals surface area contributed by atoms with Gasteiger partial charge in [0.15, 0.2) is 4.90 Å². The van der Waals surface area contributed by atoms with Crippen molar-refractivity contribution in [3.8, 4) is 17.0 Å². The number of carbonyl (C=O) groups excluding carboxylic acids is 1. The van der Waals surface area contributed by atoms with Gasteiger partial charge in [-0.15, -0.1) is 0 Å². The molecular weight excluding hydrogens is 637 g/mol. The molecule has 6 rings (SSSR count). The first kappa shape index (κ1) is 32.3. The second kappa shape index (κ2) is 11.9. The Bertz CT molecular complexity index is 1950. The Morgan fingerprint density at radius 3 is 2.28 bits per heavy atom. The average Bonchev–Trinajstić information content (AvgIpc) is 2.97. The van der Waals surface area contributed by atoms with E-state index in [1.54, 1.807) is 11.0 Å². The Labute approximate surface area is 269 Å². The highest BCUT2D eigenvalue weighted by atomic mass is 32.2. The van der Waals surface area contributed by atoms with Crippen LogP contribution in [-0.4, -0.2) is 73.3 Å². The van der Waals surface area contributed by atoms with Gasteiger partial charge < -0.3 is 19.3 Å². The average molecular weight is 671 g/mol. The van der Waals surface area contributed by atoms with E-state index in [1.165, 1.54) is 25.7 Å². The minimum absolute atomic E-state index is 0.0413. The summed E-state index contributed by atoms with van der Waals surface area (Å²) in [7, 11) is -3.58. The highest BCUT2D eigenvalue weighted by Crippen LogP contribution is 2.43. The molecule has 2 saturated heterocycles. The third-order valence-corrected chi connectivity index (χ3v) is 9.71. The first-order valence-electron chi connectivity index (χ1n) is 14.9. The van der Waals surface area contributed by atoms with Crippen LogP contribution in [0.4, 0.5) is 29.5 Å². The van der Waals surface area contributed by atoms with Gasteiger partial charge in [-0.05, 0) is 57.4 Å². The molecule has 1 amide bonds. The minimum atomic E-state index is -4.84. The number of amides is 1. The van der Waals surface area contributed by atoms with Crippen molar-refractivity contribution < 1.29 is 35.9 Å². The molecule has 47 heavy (non-hydrogen) atoms. The Morgan fingerprint density at radius 2 is 1.64 bits per heavy atom. The number of hydrogen-bond acceptors (Lipinski definition) is 9. The first-order chi connectivity index (χ1) is 22.2. The molecule has 11 nitrogen and oxygen atoms in total. The molecule has 2 aliphatic rings. The van der Waals surface area contributed by atoms with E-state index in [0.717, 1.165) is 37.1 Å². The van der Waals surface area contributed by atoms with Crippen LogP contribution in [0.25, 0.3) is 22.0 Å². The maximum atomic E-state index is 14.4. The number of fused-ring (bicyclic) bond motifs is 1. The molecule has 0 aliphatic carbocycles. The number of hydrogen-bond donors (Lipinski definition) is 1. The second-order valence-corrected chi connectivity index (χ2v) is 14.5. The van der Waals surface area contributed by atoms with Gasteiger partial charge in [0, 0.05) is 60.9 Å². The van der Waals surface area contributed by atoms with Crippen LogP contribution in [0.3, 0.4) is 0 Å². The Hall–Kier alpha value is -4.66. The number of nitrogens with zero attached hydrogens (tertiary/aromatic N) is 5. The van der Waals surface area contributed by atoms with Gasteiger partial charge in [-0.2, -0.15) is 0 Å². The number of aromatic nitrogens is 3. The SMILES string of the molecule is COc1ncc(-c2ccc3ncnc(N4CCC5(CC4)CN(C(=O)OC(C)(C)C)C5)c3c2)cc1NS(=O)(=O)c1c(F)cc(F)cc1F. The number of pyridine rings is 1. The smallest absolute Gasteiger partial charge is 0.410 e. The number of ether oxygens (including phenoxy) is 2. The van der Waals surface area contributed by atoms with Gasteiger partial charge in [-0.25, -0.2) is 41.3 Å². The van der Waals surface area contributed by atoms with Crippen LogP contribution in [0, 0.1) is 22.9 Å². The van der Waals surface area contributed by atoms with E-state index in [1.807, 2.05) is 32.9 Å². The van der Waals surface area contributed by atoms with Crippen molar-refractivity contribution in [2.75, 3.05) is 42.9 Å². The summed E-state index contributed by atoms with van der Waals surface area (Å²) in [6, 6.07) is 7.44. The number of nitrogens with one attached hydrogen (secondary N) is 1. The molecular formula is C32H33F3N6O5S. The lowest BCUT2D eigenvalue weighted by molar-refractivity contribution is -0.0434. The summed E-state index contributed by atoms with van der Waals surface area (Å²) >= 11 is 0. The van der Waals surface area contributed by atoms with E-state index in [9.17, 15) is 26.4 Å². The van der Waals surface area contributed by atoms with Gasteiger partial charge in [-0.1, -0.05) is 6.07 Å². The fourth-order valence-electron chi connectivity index (χ4n) is 6.03. The molecule has 4 heterocycles. The maximum absolute atomic E-state index is 14.4. The van der Waals surface area contributed by atoms with Crippen molar-refractivity contribution in [2.45, 2.75) is 44.1 Å². The molecule has 0 saturated carbocycles. The van der Waals surface area contributed by atoms with Crippen molar-refractivity contribution in [2.24, 2.45) is 5.41 Å². The number of benzene rings is 2. The number of piperidine rings is 1. The van der Waals surface area contributed by atoms with Gasteiger partial charge >= 0.3 is 6.09 Å². The molecule has 248 valence electrons. The van der Waals surface area contributed by atoms with E-state index in [0.29, 0.717) is 29.7 Å². The number of halogens is 3. The lowest BCUT2D eigenvalue weighted by atomic mass is 9.72. The van der Waals surface area contributed by atoms with Crippen molar-refractivity contribution >= 4 is 38.5 Å². The molecule has 2 fully saturated rings. The zero-order chi connectivity index (χ0) is 33.7. The largest absolute Gasteiger partial charge is 0.480 e. The highest BCUT2D eigenvalue weighted by Gasteiger charge is 2.48. The van der Waals surface area contributed by atoms with Gasteiger partial charge in [0.2, 0.25) is 5.88 Å². The molecule has 0 unspecified atom stereocenters. The lowest BCUT2D eigenvalue weighted by Crippen LogP contribution is -2.62. The quantitative estimate of drug-likeness (QED) is 0.273. The van der Waals surface area contributed by atoms with E-state index in [2.05, 4.69) is 24.6 Å². The maximum Gasteiger partial charge on any atom is 0.410 e. The summed E-state index contributed by atoms with van der Waals surface area (Å²) in [6.07, 6.45) is 4.43. The molecule has 2 aromatic carbocycles. The molecule has 1 spiro atoms. The fraction of sp³-hybridized carbons (Fsp3) is 0.375. The van der Waals surface area contributed by atoms with Gasteiger partial charge in [0.1, 0.15) is 40.9 Å². The topological polar surface area (TPSA) is 127 Å². The summed E-state index contributed by atoms with van der Waals surface area (Å²) < 4.78 is 81.0. The number of anilines is 2. The summed E-state index contributed by atoms with van der Waals surface area (Å²) in [5, 5.41) is 0.762. The Balaban J connectivity index is 1.24. The molecule has 1 N–H and O–H groups in total. The number of rotatable bonds is 6. The van der Waals surface area contributed by atoms with Crippen LogP contribution in [-0.2, 0) is 14.8 Å². The van der Waals surface area contributed by atoms with E-state index >= 15 is 0 Å². The van der Waals surface area contributed by atoms with Crippen LogP contribution >= 0.6 is 0 Å². The van der Waals surface area contributed by atoms with E-state index in [-0.39, 0.29) is 35.2 Å². The molecule has 2 aliphatic heterocycles. The molecule has 4 aromatic rings. The van der Waals surface area contributed by atoms with E-state index in [4.69, 9.17) is 9.47 Å². The summed E-state index contributed by atoms with van der Waals surface area (Å²) in [5.41, 5.74) is 1.12. The molecule has 15 heteroatoms. The van der Waals surface area contributed by atoms with Crippen LogP contribution < -0.4 is 14.4 Å². The van der Waals surface area contributed by atoms with Crippen molar-refractivity contribution in [1.29, 1.82) is 0 Å². The highest BCUT2D eigenvalue weighted by molar-refractivity contribution is 7.92. The van der Waals surface area contributed by atoms with E-state index < -0.39 is 38.0 Å². The lowest BCUT2D eigenvalue weighted by Gasteiger charge is -2.53. The molecule has 0 radical (unpaired) electrons. The van der Waals surface area contributed by atoms with Gasteiger partial charge in [-0.3, -0.25) is 4.72 Å². The van der Waals surface area contributed by atoms with Gasteiger partial charge in [0.25, 0.3) is 10.0 Å². The number of methoxy groups -OCH3 is 1. The third kappa shape index (κ3) is 6.48. The second-order valence-electron chi connectivity index (χ2n) is 12.8. The standard InChI is InChI=1S/C32H33F3N6O5S/c1-31(2,3)46-30(42)41-16-32(17-41)7-9-40(10-8-32)28-22-11-19(5-6-25(22)37-18-38-28)20-12-26(29(45-4)36-15-20)39-47(43,44)27-23(34)13-21(33)14-24(27)35/h5-6,11-15,18,39H,7-10,16-17H2,1-4H3. The van der Waals surface area contributed by atoms with Crippen molar-refractivity contribution in [3.05, 3.63) is 66.4 Å². The normalized spacial score (nSPS) is 16.2. The van der Waals surface area contributed by atoms with Gasteiger partial charge in [0.05, 0.1) is 12.6 Å². The van der Waals surface area contributed by atoms with Crippen LogP contribution in [0.1, 0.15) is 33.6 Å². The monoisotopic (exact) mass is 670 g/mol. The summed E-state index contributed by atoms with van der Waals surface area (Å²) in [4.78, 5) is 28.3. The summed E-state index contributed by atoms with van der Waals surface area (Å²) in [6.45, 7) is 8.31. The molecule has 2 aromatic heterocycles. The number of carbonyl (C=O) groups is 1. The van der Waals surface area contributed by atoms with Crippen molar-refractivity contribution in [1.82, 2.24) is 19.9 Å².